The molecule has 0 saturated carbocycles. The molecule has 0 atom stereocenters. The summed E-state index contributed by atoms with van der Waals surface area (Å²) < 4.78 is 5.99. The van der Waals surface area contributed by atoms with E-state index < -0.39 is 18.4 Å². The fourth-order valence-corrected chi connectivity index (χ4v) is 3.61. The Balaban J connectivity index is 1.72. The van der Waals surface area contributed by atoms with Crippen LogP contribution in [0.15, 0.2) is 59.5 Å². The molecule has 132 valence electrons. The van der Waals surface area contributed by atoms with Crippen molar-refractivity contribution in [2.24, 2.45) is 0 Å². The highest BCUT2D eigenvalue weighted by atomic mass is 32.2. The van der Waals surface area contributed by atoms with Crippen LogP contribution in [-0.2, 0) is 16.2 Å². The van der Waals surface area contributed by atoms with Crippen LogP contribution in [-0.4, -0.2) is 27.6 Å². The molecule has 0 aliphatic carbocycles. The van der Waals surface area contributed by atoms with Gasteiger partial charge >= 0.3 is 0 Å². The molecule has 0 radical (unpaired) electrons. The lowest BCUT2D eigenvalue weighted by Gasteiger charge is -2.14. The number of carbonyl (C=O) groups is 2. The number of carbonyl (C=O) groups excluding carboxylic acids is 2. The Kier molecular flexibility index (Phi) is 5.70. The molecule has 2 aromatic rings. The van der Waals surface area contributed by atoms with Crippen molar-refractivity contribution < 1.29 is 19.4 Å². The minimum Gasteiger partial charge on any atom is -0.548 e. The van der Waals surface area contributed by atoms with Gasteiger partial charge in [-0.1, -0.05) is 66.4 Å². The van der Waals surface area contributed by atoms with E-state index >= 15 is 0 Å². The van der Waals surface area contributed by atoms with Crippen LogP contribution < -0.4 is 9.84 Å². The first-order chi connectivity index (χ1) is 12.5. The van der Waals surface area contributed by atoms with Crippen LogP contribution in [0.3, 0.4) is 0 Å². The van der Waals surface area contributed by atoms with E-state index in [2.05, 4.69) is 0 Å². The number of hydrogen-bond acceptors (Lipinski definition) is 6. The zero-order valence-corrected chi connectivity index (χ0v) is 15.2. The van der Waals surface area contributed by atoms with Crippen LogP contribution in [0.4, 0.5) is 0 Å². The number of nitrogens with zero attached hydrogens (tertiary/aromatic N) is 1. The summed E-state index contributed by atoms with van der Waals surface area (Å²) in [5.74, 6) is -1.11. The molecule has 0 unspecified atom stereocenters. The Bertz CT molecular complexity index is 880. The minimum atomic E-state index is -1.35. The maximum Gasteiger partial charge on any atom is 0.266 e. The second-order valence-electron chi connectivity index (χ2n) is 5.49. The number of carboxylic acids is 1. The summed E-state index contributed by atoms with van der Waals surface area (Å²) in [6.07, 6.45) is 1.67. The standard InChI is InChI=1S/C19H15NO4S2/c21-17(22)11-20-18(23)16(26-19(20)25)10-14-7-4-8-15(9-14)24-12-13-5-2-1-3-6-13/h1-10H,11-12H2,(H,21,22)/p-1/b16-10-. The van der Waals surface area contributed by atoms with Crippen LogP contribution in [0.2, 0.25) is 0 Å². The lowest BCUT2D eigenvalue weighted by atomic mass is 10.2. The SMILES string of the molecule is O=C([O-])CN1C(=O)/C(=C/c2cccc(OCc3ccccc3)c2)SC1=S. The summed E-state index contributed by atoms with van der Waals surface area (Å²) in [7, 11) is 0. The summed E-state index contributed by atoms with van der Waals surface area (Å²) >= 11 is 6.13. The summed E-state index contributed by atoms with van der Waals surface area (Å²) in [6, 6.07) is 17.1. The van der Waals surface area contributed by atoms with Crippen LogP contribution in [0.25, 0.3) is 6.08 Å². The van der Waals surface area contributed by atoms with Crippen LogP contribution in [0.1, 0.15) is 11.1 Å². The fraction of sp³-hybridized carbons (Fsp3) is 0.105. The van der Waals surface area contributed by atoms with Crippen molar-refractivity contribution in [3.63, 3.8) is 0 Å². The Hall–Kier alpha value is -2.64. The number of rotatable bonds is 6. The number of hydrogen-bond donors (Lipinski definition) is 0. The summed E-state index contributed by atoms with van der Waals surface area (Å²) in [6.45, 7) is -0.0970. The van der Waals surface area contributed by atoms with Crippen molar-refractivity contribution in [1.29, 1.82) is 0 Å². The second-order valence-corrected chi connectivity index (χ2v) is 7.16. The van der Waals surface area contributed by atoms with Gasteiger partial charge in [0.1, 0.15) is 16.7 Å². The molecule has 1 aliphatic rings. The van der Waals surface area contributed by atoms with Crippen molar-refractivity contribution in [2.75, 3.05) is 6.54 Å². The molecular weight excluding hydrogens is 370 g/mol. The van der Waals surface area contributed by atoms with Crippen LogP contribution in [0.5, 0.6) is 5.75 Å². The second kappa shape index (κ2) is 8.16. The lowest BCUT2D eigenvalue weighted by Crippen LogP contribution is -2.40. The topological polar surface area (TPSA) is 69.7 Å². The fourth-order valence-electron chi connectivity index (χ4n) is 2.35. The molecule has 0 aromatic heterocycles. The quantitative estimate of drug-likeness (QED) is 0.562. The average molecular weight is 384 g/mol. The Morgan fingerprint density at radius 2 is 1.96 bits per heavy atom. The van der Waals surface area contributed by atoms with E-state index in [0.717, 1.165) is 27.8 Å². The van der Waals surface area contributed by atoms with Gasteiger partial charge in [0.2, 0.25) is 0 Å². The molecule has 1 fully saturated rings. The van der Waals surface area contributed by atoms with E-state index in [1.807, 2.05) is 54.6 Å². The van der Waals surface area contributed by atoms with E-state index in [9.17, 15) is 14.7 Å². The molecule has 0 bridgehead atoms. The van der Waals surface area contributed by atoms with E-state index in [4.69, 9.17) is 17.0 Å². The molecule has 1 aliphatic heterocycles. The van der Waals surface area contributed by atoms with Crippen LogP contribution in [0, 0.1) is 0 Å². The normalized spacial score (nSPS) is 15.5. The van der Waals surface area contributed by atoms with Crippen LogP contribution >= 0.6 is 24.0 Å². The molecule has 0 spiro atoms. The highest BCUT2D eigenvalue weighted by Crippen LogP contribution is 2.32. The molecule has 1 amide bonds. The predicted octanol–water partition coefficient (Wildman–Crippen LogP) is 2.22. The van der Waals surface area contributed by atoms with Crippen molar-refractivity contribution in [3.8, 4) is 5.75 Å². The highest BCUT2D eigenvalue weighted by molar-refractivity contribution is 8.26. The van der Waals surface area contributed by atoms with Crippen molar-refractivity contribution in [1.82, 2.24) is 4.90 Å². The minimum absolute atomic E-state index is 0.210. The molecule has 7 heteroatoms. The zero-order chi connectivity index (χ0) is 18.5. The van der Waals surface area contributed by atoms with E-state index in [-0.39, 0.29) is 4.32 Å². The monoisotopic (exact) mass is 384 g/mol. The van der Waals surface area contributed by atoms with Gasteiger partial charge in [-0.2, -0.15) is 0 Å². The van der Waals surface area contributed by atoms with Crippen molar-refractivity contribution in [2.45, 2.75) is 6.61 Å². The first-order valence-corrected chi connectivity index (χ1v) is 8.97. The molecule has 5 nitrogen and oxygen atoms in total. The number of thioether (sulfide) groups is 1. The molecule has 26 heavy (non-hydrogen) atoms. The summed E-state index contributed by atoms with van der Waals surface area (Å²) in [5, 5.41) is 10.7. The third-order valence-electron chi connectivity index (χ3n) is 3.56. The number of amides is 1. The molecular formula is C19H14NO4S2-. The maximum atomic E-state index is 12.3. The van der Waals surface area contributed by atoms with Gasteiger partial charge in [0.15, 0.2) is 0 Å². The van der Waals surface area contributed by atoms with E-state index in [1.165, 1.54) is 0 Å². The average Bonchev–Trinajstić information content (AvgIpc) is 2.88. The lowest BCUT2D eigenvalue weighted by molar-refractivity contribution is -0.305. The highest BCUT2D eigenvalue weighted by Gasteiger charge is 2.31. The third-order valence-corrected chi connectivity index (χ3v) is 4.94. The van der Waals surface area contributed by atoms with Gasteiger partial charge < -0.3 is 14.6 Å². The Labute approximate surface area is 160 Å². The van der Waals surface area contributed by atoms with Gasteiger partial charge in [-0.05, 0) is 29.3 Å². The summed E-state index contributed by atoms with van der Waals surface area (Å²) in [4.78, 5) is 24.4. The molecule has 1 heterocycles. The third kappa shape index (κ3) is 4.50. The zero-order valence-electron chi connectivity index (χ0n) is 13.6. The predicted molar refractivity (Wildman–Crippen MR) is 102 cm³/mol. The Morgan fingerprint density at radius 3 is 2.69 bits per heavy atom. The first kappa shape index (κ1) is 18.2. The summed E-state index contributed by atoms with van der Waals surface area (Å²) in [5.41, 5.74) is 1.82. The Morgan fingerprint density at radius 1 is 1.19 bits per heavy atom. The number of aliphatic carboxylic acids is 1. The number of benzene rings is 2. The van der Waals surface area contributed by atoms with Gasteiger partial charge in [-0.15, -0.1) is 0 Å². The number of thiocarbonyl (C=S) groups is 1. The van der Waals surface area contributed by atoms with Crippen molar-refractivity contribution in [3.05, 3.63) is 70.6 Å². The van der Waals surface area contributed by atoms with E-state index in [0.29, 0.717) is 17.3 Å². The molecule has 3 rings (SSSR count). The molecule has 0 N–H and O–H groups in total. The van der Waals surface area contributed by atoms with Gasteiger partial charge in [-0.3, -0.25) is 9.69 Å². The van der Waals surface area contributed by atoms with Gasteiger partial charge in [0.05, 0.1) is 17.4 Å². The smallest absolute Gasteiger partial charge is 0.266 e. The largest absolute Gasteiger partial charge is 0.548 e. The number of carboxylic acid groups (broad SMARTS) is 1. The van der Waals surface area contributed by atoms with Gasteiger partial charge in [0, 0.05) is 0 Å². The number of ether oxygens (including phenoxy) is 1. The van der Waals surface area contributed by atoms with Gasteiger partial charge in [0.25, 0.3) is 5.91 Å². The van der Waals surface area contributed by atoms with E-state index in [1.54, 1.807) is 6.08 Å². The maximum absolute atomic E-state index is 12.3. The molecule has 1 saturated heterocycles. The van der Waals surface area contributed by atoms with Gasteiger partial charge in [-0.25, -0.2) is 0 Å². The molecule has 2 aromatic carbocycles. The first-order valence-electron chi connectivity index (χ1n) is 7.75. The van der Waals surface area contributed by atoms with Crippen molar-refractivity contribution >= 4 is 46.3 Å².